The van der Waals surface area contributed by atoms with E-state index in [2.05, 4.69) is 21.9 Å². The van der Waals surface area contributed by atoms with Crippen LogP contribution in [0, 0.1) is 0 Å². The number of carbonyl (C=O) groups excluding carboxylic acids is 1. The van der Waals surface area contributed by atoms with Gasteiger partial charge in [0.25, 0.3) is 0 Å². The number of esters is 1. The zero-order valence-electron chi connectivity index (χ0n) is 16.2. The smallest absolute Gasteiger partial charge is 0.387 e. The van der Waals surface area contributed by atoms with Crippen molar-refractivity contribution in [1.82, 2.24) is 9.97 Å². The maximum Gasteiger partial charge on any atom is 0.387 e. The Bertz CT molecular complexity index is 1120. The SMILES string of the molecule is C=C(C(=O)OCC)c1cc(-c2cccc(Cl)c2)c2cnc(NC)nc2c1OC(F)F. The van der Waals surface area contributed by atoms with Gasteiger partial charge in [0.1, 0.15) is 5.52 Å². The molecule has 1 N–H and O–H groups in total. The van der Waals surface area contributed by atoms with Crippen LogP contribution in [-0.4, -0.2) is 36.2 Å². The first-order valence-electron chi connectivity index (χ1n) is 8.94. The number of rotatable bonds is 7. The lowest BCUT2D eigenvalue weighted by molar-refractivity contribution is -0.136. The molecule has 6 nitrogen and oxygen atoms in total. The van der Waals surface area contributed by atoms with Gasteiger partial charge >= 0.3 is 12.6 Å². The normalized spacial score (nSPS) is 10.9. The van der Waals surface area contributed by atoms with E-state index >= 15 is 0 Å². The second kappa shape index (κ2) is 9.04. The third kappa shape index (κ3) is 4.33. The van der Waals surface area contributed by atoms with Crippen molar-refractivity contribution in [3.05, 3.63) is 53.7 Å². The van der Waals surface area contributed by atoms with Crippen molar-refractivity contribution in [3.63, 3.8) is 0 Å². The molecule has 0 aliphatic rings. The summed E-state index contributed by atoms with van der Waals surface area (Å²) in [6, 6.07) is 8.46. The number of fused-ring (bicyclic) bond motifs is 1. The molecule has 0 atom stereocenters. The highest BCUT2D eigenvalue weighted by atomic mass is 35.5. The molecule has 2 aromatic carbocycles. The topological polar surface area (TPSA) is 73.3 Å². The zero-order chi connectivity index (χ0) is 21.8. The summed E-state index contributed by atoms with van der Waals surface area (Å²) in [5.74, 6) is -0.851. The van der Waals surface area contributed by atoms with Gasteiger partial charge in [0, 0.05) is 29.2 Å². The Hall–Kier alpha value is -3.26. The maximum atomic E-state index is 13.3. The van der Waals surface area contributed by atoms with Crippen LogP contribution in [0.1, 0.15) is 12.5 Å². The van der Waals surface area contributed by atoms with Crippen molar-refractivity contribution in [2.75, 3.05) is 19.0 Å². The van der Waals surface area contributed by atoms with Crippen molar-refractivity contribution in [1.29, 1.82) is 0 Å². The summed E-state index contributed by atoms with van der Waals surface area (Å²) in [6.45, 7) is 2.31. The van der Waals surface area contributed by atoms with Crippen LogP contribution in [0.3, 0.4) is 0 Å². The predicted molar refractivity (Wildman–Crippen MR) is 112 cm³/mol. The van der Waals surface area contributed by atoms with Crippen molar-refractivity contribution in [2.24, 2.45) is 0 Å². The molecular weight excluding hydrogens is 416 g/mol. The molecule has 3 rings (SSSR count). The standard InChI is InChI=1S/C21H18ClF2N3O3/c1-4-29-19(28)11(2)14-9-15(12-6-5-7-13(22)8-12)16-10-26-21(25-3)27-17(16)18(14)30-20(23)24/h5-10,20H,2,4H2,1,3H3,(H,25,26,27). The summed E-state index contributed by atoms with van der Waals surface area (Å²) in [6.07, 6.45) is 1.49. The molecule has 30 heavy (non-hydrogen) atoms. The van der Waals surface area contributed by atoms with Gasteiger partial charge in [0.15, 0.2) is 5.75 Å². The molecule has 0 saturated heterocycles. The highest BCUT2D eigenvalue weighted by Gasteiger charge is 2.24. The second-order valence-electron chi connectivity index (χ2n) is 6.09. The highest BCUT2D eigenvalue weighted by molar-refractivity contribution is 6.31. The first-order valence-corrected chi connectivity index (χ1v) is 9.32. The summed E-state index contributed by atoms with van der Waals surface area (Å²) >= 11 is 6.13. The van der Waals surface area contributed by atoms with Gasteiger partial charge in [-0.2, -0.15) is 8.78 Å². The molecule has 0 fully saturated rings. The van der Waals surface area contributed by atoms with Gasteiger partial charge in [-0.1, -0.05) is 30.3 Å². The van der Waals surface area contributed by atoms with E-state index in [1.54, 1.807) is 38.2 Å². The summed E-state index contributed by atoms with van der Waals surface area (Å²) in [4.78, 5) is 20.8. The number of hydrogen-bond acceptors (Lipinski definition) is 6. The molecule has 156 valence electrons. The fourth-order valence-electron chi connectivity index (χ4n) is 2.94. The van der Waals surface area contributed by atoms with Crippen LogP contribution in [0.2, 0.25) is 5.02 Å². The number of hydrogen-bond donors (Lipinski definition) is 1. The van der Waals surface area contributed by atoms with Crippen molar-refractivity contribution in [3.8, 4) is 16.9 Å². The first-order chi connectivity index (χ1) is 14.3. The monoisotopic (exact) mass is 433 g/mol. The summed E-state index contributed by atoms with van der Waals surface area (Å²) in [5.41, 5.74) is 1.24. The van der Waals surface area contributed by atoms with E-state index in [1.807, 2.05) is 0 Å². The minimum absolute atomic E-state index is 0.0389. The molecule has 0 unspecified atom stereocenters. The van der Waals surface area contributed by atoms with Crippen molar-refractivity contribution < 1.29 is 23.0 Å². The number of carbonyl (C=O) groups is 1. The van der Waals surface area contributed by atoms with Gasteiger partial charge in [-0.05, 0) is 36.2 Å². The molecule has 0 radical (unpaired) electrons. The van der Waals surface area contributed by atoms with Crippen LogP contribution >= 0.6 is 11.6 Å². The molecule has 0 amide bonds. The number of alkyl halides is 2. The third-order valence-electron chi connectivity index (χ3n) is 4.24. The largest absolute Gasteiger partial charge is 0.462 e. The molecule has 0 aliphatic carbocycles. The lowest BCUT2D eigenvalue weighted by Gasteiger charge is -2.18. The van der Waals surface area contributed by atoms with E-state index in [9.17, 15) is 13.6 Å². The minimum Gasteiger partial charge on any atom is -0.462 e. The van der Waals surface area contributed by atoms with Crippen LogP contribution in [-0.2, 0) is 9.53 Å². The Morgan fingerprint density at radius 3 is 2.73 bits per heavy atom. The molecule has 3 aromatic rings. The number of nitrogens with one attached hydrogen (secondary N) is 1. The van der Waals surface area contributed by atoms with Gasteiger partial charge in [0.2, 0.25) is 5.95 Å². The summed E-state index contributed by atoms with van der Waals surface area (Å²) in [7, 11) is 1.59. The molecule has 9 heteroatoms. The Balaban J connectivity index is 2.38. The lowest BCUT2D eigenvalue weighted by atomic mass is 9.95. The van der Waals surface area contributed by atoms with Gasteiger partial charge in [-0.15, -0.1) is 0 Å². The van der Waals surface area contributed by atoms with E-state index in [-0.39, 0.29) is 35.0 Å². The quantitative estimate of drug-likeness (QED) is 0.409. The van der Waals surface area contributed by atoms with Gasteiger partial charge in [0.05, 0.1) is 12.2 Å². The Labute approximate surface area is 176 Å². The number of anilines is 1. The average Bonchev–Trinajstić information content (AvgIpc) is 2.72. The predicted octanol–water partition coefficient (Wildman–Crippen LogP) is 5.17. The lowest BCUT2D eigenvalue weighted by Crippen LogP contribution is -2.11. The molecule has 0 bridgehead atoms. The van der Waals surface area contributed by atoms with E-state index in [4.69, 9.17) is 21.1 Å². The summed E-state index contributed by atoms with van der Waals surface area (Å²) in [5, 5.41) is 3.68. The van der Waals surface area contributed by atoms with Crippen LogP contribution < -0.4 is 10.1 Å². The Morgan fingerprint density at radius 2 is 2.10 bits per heavy atom. The van der Waals surface area contributed by atoms with E-state index in [0.717, 1.165) is 0 Å². The molecule has 0 saturated carbocycles. The maximum absolute atomic E-state index is 13.3. The zero-order valence-corrected chi connectivity index (χ0v) is 17.0. The molecule has 0 spiro atoms. The average molecular weight is 434 g/mol. The Morgan fingerprint density at radius 1 is 1.33 bits per heavy atom. The Kier molecular flexibility index (Phi) is 6.47. The van der Waals surface area contributed by atoms with Gasteiger partial charge < -0.3 is 14.8 Å². The van der Waals surface area contributed by atoms with E-state index in [0.29, 0.717) is 21.5 Å². The van der Waals surface area contributed by atoms with E-state index in [1.165, 1.54) is 12.3 Å². The highest BCUT2D eigenvalue weighted by Crippen LogP contribution is 2.41. The minimum atomic E-state index is -3.15. The van der Waals surface area contributed by atoms with Gasteiger partial charge in [-0.25, -0.2) is 14.8 Å². The second-order valence-corrected chi connectivity index (χ2v) is 6.53. The van der Waals surface area contributed by atoms with Crippen LogP contribution in [0.5, 0.6) is 5.75 Å². The van der Waals surface area contributed by atoms with Gasteiger partial charge in [-0.3, -0.25) is 0 Å². The van der Waals surface area contributed by atoms with Crippen LogP contribution in [0.15, 0.2) is 43.1 Å². The molecule has 1 aromatic heterocycles. The number of nitrogens with zero attached hydrogens (tertiary/aromatic N) is 2. The first kappa shape index (κ1) is 21.4. The van der Waals surface area contributed by atoms with Crippen LogP contribution in [0.25, 0.3) is 27.6 Å². The van der Waals surface area contributed by atoms with Crippen molar-refractivity contribution >= 4 is 40.0 Å². The van der Waals surface area contributed by atoms with E-state index < -0.39 is 12.6 Å². The fourth-order valence-corrected chi connectivity index (χ4v) is 3.13. The molecule has 1 heterocycles. The summed E-state index contributed by atoms with van der Waals surface area (Å²) < 4.78 is 36.3. The molecule has 0 aliphatic heterocycles. The molecular formula is C21H18ClF2N3O3. The third-order valence-corrected chi connectivity index (χ3v) is 4.48. The van der Waals surface area contributed by atoms with Crippen LogP contribution in [0.4, 0.5) is 14.7 Å². The number of aromatic nitrogens is 2. The number of halogens is 3. The fraction of sp³-hybridized carbons (Fsp3) is 0.190. The number of benzene rings is 2. The van der Waals surface area contributed by atoms with Crippen molar-refractivity contribution in [2.45, 2.75) is 13.5 Å². The number of ether oxygens (including phenoxy) is 2.